The molecule has 0 bridgehead atoms. The quantitative estimate of drug-likeness (QED) is 0.0570. The number of carbonyl (C=O) groups is 5. The number of anilines is 2. The van der Waals surface area contributed by atoms with E-state index in [0.29, 0.717) is 5.56 Å². The summed E-state index contributed by atoms with van der Waals surface area (Å²) < 4.78 is 78.8. The van der Waals surface area contributed by atoms with Crippen molar-refractivity contribution in [2.75, 3.05) is 16.9 Å². The van der Waals surface area contributed by atoms with Crippen LogP contribution in [-0.2, 0) is 19.2 Å². The number of ether oxygens (including phenoxy) is 1. The fourth-order valence-corrected chi connectivity index (χ4v) is 9.35. The Morgan fingerprint density at radius 1 is 0.885 bits per heavy atom. The van der Waals surface area contributed by atoms with Gasteiger partial charge in [-0.2, -0.15) is 0 Å². The lowest BCUT2D eigenvalue weighted by Crippen LogP contribution is -2.60. The summed E-state index contributed by atoms with van der Waals surface area (Å²) >= 11 is 17.5. The Bertz CT molecular complexity index is 2190. The summed E-state index contributed by atoms with van der Waals surface area (Å²) in [6, 6.07) is 8.23. The molecule has 3 aromatic rings. The molecule has 1 N–H and O–H groups in total. The van der Waals surface area contributed by atoms with Gasteiger partial charge >= 0.3 is 0 Å². The highest BCUT2D eigenvalue weighted by molar-refractivity contribution is 9.10. The van der Waals surface area contributed by atoms with E-state index in [9.17, 15) is 42.3 Å². The van der Waals surface area contributed by atoms with E-state index in [1.165, 1.54) is 56.5 Å². The van der Waals surface area contributed by atoms with Gasteiger partial charge in [0.05, 0.1) is 29.1 Å². The summed E-state index contributed by atoms with van der Waals surface area (Å²) in [7, 11) is 1.21. The summed E-state index contributed by atoms with van der Waals surface area (Å²) in [6.07, 6.45) is 0.767. The van der Waals surface area contributed by atoms with Gasteiger partial charge in [-0.05, 0) is 83.6 Å². The molecule has 17 heteroatoms. The fourth-order valence-electron chi connectivity index (χ4n) is 7.96. The summed E-state index contributed by atoms with van der Waals surface area (Å²) in [5, 5.41) is 10.6. The molecule has 9 nitrogen and oxygen atoms in total. The smallest absolute Gasteiger partial charge is 0.258 e. The van der Waals surface area contributed by atoms with Crippen LogP contribution in [0.15, 0.2) is 52.5 Å². The number of hydrogen-bond acceptors (Lipinski definition) is 7. The normalized spacial score (nSPS) is 28.2. The predicted octanol–water partition coefficient (Wildman–Crippen LogP) is 6.83. The minimum Gasteiger partial charge on any atom is -0.503 e. The monoisotopic (exact) mass is 826 g/mol. The molecule has 3 fully saturated rings. The number of methoxy groups -OCH3 is 1. The molecule has 52 heavy (non-hydrogen) atoms. The van der Waals surface area contributed by atoms with Gasteiger partial charge in [-0.3, -0.25) is 28.9 Å². The zero-order valence-electron chi connectivity index (χ0n) is 26.6. The lowest BCUT2D eigenvalue weighted by molar-refractivity contribution is -0.125. The number of ketones is 1. The molecule has 270 valence electrons. The van der Waals surface area contributed by atoms with Crippen molar-refractivity contribution in [2.24, 2.45) is 17.8 Å². The summed E-state index contributed by atoms with van der Waals surface area (Å²) in [4.78, 5) is 63.9. The molecule has 3 aromatic carbocycles. The predicted molar refractivity (Wildman–Crippen MR) is 178 cm³/mol. The van der Waals surface area contributed by atoms with Gasteiger partial charge in [0, 0.05) is 11.5 Å². The van der Waals surface area contributed by atoms with E-state index in [1.54, 1.807) is 0 Å². The third-order valence-corrected chi connectivity index (χ3v) is 12.4. The van der Waals surface area contributed by atoms with Crippen molar-refractivity contribution in [1.29, 1.82) is 0 Å². The fraction of sp³-hybridized carbons (Fsp3) is 0.286. The first kappa shape index (κ1) is 36.0. The van der Waals surface area contributed by atoms with Crippen LogP contribution < -0.4 is 14.5 Å². The molecule has 4 aliphatic rings. The molecule has 4 amide bonds. The molecule has 6 unspecified atom stereocenters. The number of aromatic hydroxyl groups is 1. The number of Topliss-reactive ketones (excluding diaryl/α,β-unsaturated/α-hetero) is 1. The molecule has 0 spiro atoms. The SMILES string of the molecule is COc1cc(C2C3=CCC4C(=O)N(c5ccc(C(C)=O)cc5)C(=O)C4C3CC3(Cl)C(=O)N(c4c(F)c(F)c(F)c(F)c4F)C(=O)C23Cl)cc(Br)c1O. The first-order valence-corrected chi connectivity index (χ1v) is 17.0. The van der Waals surface area contributed by atoms with Crippen molar-refractivity contribution >= 4 is 79.9 Å². The average Bonchev–Trinajstić information content (AvgIpc) is 3.45. The van der Waals surface area contributed by atoms with Gasteiger partial charge in [-0.25, -0.2) is 26.9 Å². The lowest BCUT2D eigenvalue weighted by atomic mass is 9.56. The van der Waals surface area contributed by atoms with Gasteiger partial charge < -0.3 is 9.84 Å². The Morgan fingerprint density at radius 3 is 2.06 bits per heavy atom. The molecule has 2 heterocycles. The number of allylic oxidation sites excluding steroid dienone is 2. The number of phenolic OH excluding ortho intramolecular Hbond substituents is 1. The molecule has 7 rings (SSSR count). The molecule has 1 saturated carbocycles. The Balaban J connectivity index is 1.43. The third kappa shape index (κ3) is 4.60. The molecule has 2 aliphatic carbocycles. The molecular weight excluding hydrogens is 806 g/mol. The molecule has 6 atom stereocenters. The van der Waals surface area contributed by atoms with Gasteiger partial charge in [0.2, 0.25) is 17.6 Å². The van der Waals surface area contributed by atoms with Gasteiger partial charge in [0.25, 0.3) is 11.8 Å². The Hall–Kier alpha value is -4.34. The minimum absolute atomic E-state index is 0.000559. The van der Waals surface area contributed by atoms with Crippen LogP contribution in [0.1, 0.15) is 41.6 Å². The molecular formula is C35H22BrCl2F5N2O7. The third-order valence-electron chi connectivity index (χ3n) is 10.4. The maximum absolute atomic E-state index is 15.3. The topological polar surface area (TPSA) is 121 Å². The zero-order valence-corrected chi connectivity index (χ0v) is 29.7. The number of alkyl halides is 2. The van der Waals surface area contributed by atoms with Gasteiger partial charge in [0.15, 0.2) is 50.3 Å². The number of benzene rings is 3. The number of carbonyl (C=O) groups excluding carboxylic acids is 5. The van der Waals surface area contributed by atoms with Crippen LogP contribution in [0.2, 0.25) is 0 Å². The number of amides is 4. The van der Waals surface area contributed by atoms with E-state index >= 15 is 8.78 Å². The summed E-state index contributed by atoms with van der Waals surface area (Å²) in [5.74, 6) is -22.8. The molecule has 2 aliphatic heterocycles. The number of fused-ring (bicyclic) bond motifs is 4. The standard InChI is InChI=1S/C35H22BrCl2F5N2O7/c1-12(46)13-3-5-15(6-4-13)44-30(48)17-8-7-16-18(21(17)31(44)49)11-34(37)32(50)45(28-26(42)24(40)23(39)25(41)27(28)43)33(51)35(34,38)22(16)14-9-19(36)29(47)20(10-14)52-2/h3-7,9-10,17-18,21-22,47H,8,11H2,1-2H3. The second-order valence-electron chi connectivity index (χ2n) is 12.9. The Labute approximate surface area is 309 Å². The second-order valence-corrected chi connectivity index (χ2v) is 15.0. The van der Waals surface area contributed by atoms with Gasteiger partial charge in [-0.15, -0.1) is 23.2 Å². The summed E-state index contributed by atoms with van der Waals surface area (Å²) in [5.41, 5.74) is -1.19. The number of phenols is 1. The van der Waals surface area contributed by atoms with Crippen molar-refractivity contribution < 1.29 is 55.8 Å². The molecule has 0 radical (unpaired) electrons. The maximum Gasteiger partial charge on any atom is 0.258 e. The number of halogens is 8. The van der Waals surface area contributed by atoms with Crippen LogP contribution >= 0.6 is 39.1 Å². The van der Waals surface area contributed by atoms with E-state index in [-0.39, 0.29) is 44.2 Å². The highest BCUT2D eigenvalue weighted by Gasteiger charge is 2.77. The van der Waals surface area contributed by atoms with Crippen molar-refractivity contribution in [2.45, 2.75) is 35.4 Å². The number of hydrogen-bond donors (Lipinski definition) is 1. The van der Waals surface area contributed by atoms with Crippen molar-refractivity contribution in [3.8, 4) is 11.5 Å². The minimum atomic E-state index is -2.75. The second kappa shape index (κ2) is 12.1. The number of nitrogens with zero attached hydrogens (tertiary/aromatic N) is 2. The molecule has 2 saturated heterocycles. The van der Waals surface area contributed by atoms with Crippen LogP contribution in [-0.4, -0.2) is 51.4 Å². The van der Waals surface area contributed by atoms with E-state index in [4.69, 9.17) is 27.9 Å². The summed E-state index contributed by atoms with van der Waals surface area (Å²) in [6.45, 7) is 1.34. The maximum atomic E-state index is 15.3. The van der Waals surface area contributed by atoms with Crippen LogP contribution in [0.25, 0.3) is 0 Å². The van der Waals surface area contributed by atoms with E-state index < -0.39 is 104 Å². The molecule has 0 aromatic heterocycles. The van der Waals surface area contributed by atoms with Crippen molar-refractivity contribution in [3.05, 3.63) is 92.7 Å². The largest absolute Gasteiger partial charge is 0.503 e. The highest BCUT2D eigenvalue weighted by atomic mass is 79.9. The Morgan fingerprint density at radius 2 is 1.48 bits per heavy atom. The van der Waals surface area contributed by atoms with Crippen LogP contribution in [0.3, 0.4) is 0 Å². The van der Waals surface area contributed by atoms with Crippen molar-refractivity contribution in [3.63, 3.8) is 0 Å². The van der Waals surface area contributed by atoms with Crippen LogP contribution in [0.4, 0.5) is 33.3 Å². The first-order chi connectivity index (χ1) is 24.4. The van der Waals surface area contributed by atoms with Gasteiger partial charge in [-0.1, -0.05) is 11.6 Å². The Kier molecular flexibility index (Phi) is 8.39. The van der Waals surface area contributed by atoms with Gasteiger partial charge in [0.1, 0.15) is 5.69 Å². The number of rotatable bonds is 5. The first-order valence-electron chi connectivity index (χ1n) is 15.5. The van der Waals surface area contributed by atoms with E-state index in [2.05, 4.69) is 15.9 Å². The van der Waals surface area contributed by atoms with E-state index in [1.807, 2.05) is 0 Å². The highest BCUT2D eigenvalue weighted by Crippen LogP contribution is 2.66. The lowest BCUT2D eigenvalue weighted by Gasteiger charge is -2.50. The number of imide groups is 2. The average molecular weight is 828 g/mol. The van der Waals surface area contributed by atoms with E-state index in [0.717, 1.165) is 4.90 Å². The van der Waals surface area contributed by atoms with Crippen LogP contribution in [0.5, 0.6) is 11.5 Å². The van der Waals surface area contributed by atoms with Crippen molar-refractivity contribution in [1.82, 2.24) is 0 Å². The van der Waals surface area contributed by atoms with Crippen LogP contribution in [0, 0.1) is 46.8 Å². The zero-order chi connectivity index (χ0) is 37.9.